The third-order valence-electron chi connectivity index (χ3n) is 4.13. The van der Waals surface area contributed by atoms with Crippen LogP contribution >= 0.6 is 0 Å². The predicted molar refractivity (Wildman–Crippen MR) is 84.5 cm³/mol. The van der Waals surface area contributed by atoms with E-state index in [0.717, 1.165) is 55.6 Å². The SMILES string of the molecule is Cc1cccc(C)c1C(=O)N1CCC(OCCCN)CC1. The molecule has 1 aromatic carbocycles. The molecule has 1 aliphatic rings. The maximum absolute atomic E-state index is 12.7. The Balaban J connectivity index is 1.91. The Morgan fingerprint density at radius 3 is 2.48 bits per heavy atom. The van der Waals surface area contributed by atoms with Gasteiger partial charge in [-0.2, -0.15) is 0 Å². The van der Waals surface area contributed by atoms with Crippen molar-refractivity contribution in [2.75, 3.05) is 26.2 Å². The first-order chi connectivity index (χ1) is 10.1. The highest BCUT2D eigenvalue weighted by molar-refractivity contribution is 5.97. The van der Waals surface area contributed by atoms with E-state index in [2.05, 4.69) is 0 Å². The fraction of sp³-hybridized carbons (Fsp3) is 0.588. The first-order valence-electron chi connectivity index (χ1n) is 7.80. The molecule has 0 aliphatic carbocycles. The number of nitrogens with two attached hydrogens (primary N) is 1. The number of hydrogen-bond donors (Lipinski definition) is 1. The number of rotatable bonds is 5. The van der Waals surface area contributed by atoms with E-state index in [9.17, 15) is 4.79 Å². The zero-order valence-corrected chi connectivity index (χ0v) is 13.1. The van der Waals surface area contributed by atoms with E-state index < -0.39 is 0 Å². The number of amides is 1. The molecule has 1 saturated heterocycles. The second kappa shape index (κ2) is 7.57. The van der Waals surface area contributed by atoms with Crippen molar-refractivity contribution in [3.63, 3.8) is 0 Å². The van der Waals surface area contributed by atoms with E-state index in [4.69, 9.17) is 10.5 Å². The Hall–Kier alpha value is -1.39. The molecule has 1 fully saturated rings. The maximum atomic E-state index is 12.7. The van der Waals surface area contributed by atoms with Crippen molar-refractivity contribution in [2.24, 2.45) is 5.73 Å². The average Bonchev–Trinajstić information content (AvgIpc) is 2.48. The van der Waals surface area contributed by atoms with Crippen LogP contribution in [0.15, 0.2) is 18.2 Å². The molecule has 4 nitrogen and oxygen atoms in total. The van der Waals surface area contributed by atoms with Crippen molar-refractivity contribution in [1.29, 1.82) is 0 Å². The summed E-state index contributed by atoms with van der Waals surface area (Å²) in [7, 11) is 0. The van der Waals surface area contributed by atoms with Crippen LogP contribution in [-0.4, -0.2) is 43.2 Å². The Kier molecular flexibility index (Phi) is 5.76. The highest BCUT2D eigenvalue weighted by atomic mass is 16.5. The fourth-order valence-electron chi connectivity index (χ4n) is 2.87. The highest BCUT2D eigenvalue weighted by Gasteiger charge is 2.25. The molecule has 1 aromatic rings. The van der Waals surface area contributed by atoms with Crippen LogP contribution in [0.25, 0.3) is 0 Å². The molecule has 2 N–H and O–H groups in total. The van der Waals surface area contributed by atoms with Crippen LogP contribution in [0.5, 0.6) is 0 Å². The van der Waals surface area contributed by atoms with Gasteiger partial charge >= 0.3 is 0 Å². The van der Waals surface area contributed by atoms with Gasteiger partial charge < -0.3 is 15.4 Å². The molecule has 0 saturated carbocycles. The van der Waals surface area contributed by atoms with Crippen molar-refractivity contribution in [1.82, 2.24) is 4.90 Å². The summed E-state index contributed by atoms with van der Waals surface area (Å²) < 4.78 is 5.79. The van der Waals surface area contributed by atoms with E-state index in [0.29, 0.717) is 6.54 Å². The zero-order valence-electron chi connectivity index (χ0n) is 13.1. The molecule has 1 heterocycles. The monoisotopic (exact) mass is 290 g/mol. The molecule has 0 spiro atoms. The van der Waals surface area contributed by atoms with Gasteiger partial charge in [0, 0.05) is 25.3 Å². The molecule has 0 bridgehead atoms. The van der Waals surface area contributed by atoms with E-state index in [1.54, 1.807) is 0 Å². The summed E-state index contributed by atoms with van der Waals surface area (Å²) >= 11 is 0. The number of piperidine rings is 1. The molecule has 4 heteroatoms. The van der Waals surface area contributed by atoms with Crippen molar-refractivity contribution in [3.05, 3.63) is 34.9 Å². The molecule has 1 aliphatic heterocycles. The molecule has 0 atom stereocenters. The number of carbonyl (C=O) groups is 1. The first kappa shape index (κ1) is 16.0. The van der Waals surface area contributed by atoms with Crippen LogP contribution in [0.2, 0.25) is 0 Å². The molecular formula is C17H26N2O2. The van der Waals surface area contributed by atoms with Gasteiger partial charge in [0.2, 0.25) is 0 Å². The molecular weight excluding hydrogens is 264 g/mol. The lowest BCUT2D eigenvalue weighted by Gasteiger charge is -2.32. The number of ether oxygens (including phenoxy) is 1. The van der Waals surface area contributed by atoms with Crippen LogP contribution in [0.4, 0.5) is 0 Å². The number of hydrogen-bond acceptors (Lipinski definition) is 3. The normalized spacial score (nSPS) is 16.2. The van der Waals surface area contributed by atoms with Gasteiger partial charge in [0.05, 0.1) is 6.10 Å². The molecule has 2 rings (SSSR count). The fourth-order valence-corrected chi connectivity index (χ4v) is 2.87. The Morgan fingerprint density at radius 1 is 1.29 bits per heavy atom. The second-order valence-electron chi connectivity index (χ2n) is 5.77. The van der Waals surface area contributed by atoms with Gasteiger partial charge in [-0.1, -0.05) is 18.2 Å². The van der Waals surface area contributed by atoms with E-state index >= 15 is 0 Å². The van der Waals surface area contributed by atoms with Gasteiger partial charge in [-0.25, -0.2) is 0 Å². The van der Waals surface area contributed by atoms with Gasteiger partial charge in [-0.3, -0.25) is 4.79 Å². The third kappa shape index (κ3) is 4.05. The number of benzene rings is 1. The van der Waals surface area contributed by atoms with Gasteiger partial charge in [0.15, 0.2) is 0 Å². The summed E-state index contributed by atoms with van der Waals surface area (Å²) in [6, 6.07) is 6.00. The summed E-state index contributed by atoms with van der Waals surface area (Å²) in [5.74, 6) is 0.158. The standard InChI is InChI=1S/C17H26N2O2/c1-13-5-3-6-14(2)16(13)17(20)19-10-7-15(8-11-19)21-12-4-9-18/h3,5-6,15H,4,7-12,18H2,1-2H3. The first-order valence-corrected chi connectivity index (χ1v) is 7.80. The number of aryl methyl sites for hydroxylation is 2. The zero-order chi connectivity index (χ0) is 15.2. The smallest absolute Gasteiger partial charge is 0.254 e. The van der Waals surface area contributed by atoms with Crippen molar-refractivity contribution >= 4 is 5.91 Å². The lowest BCUT2D eigenvalue weighted by Crippen LogP contribution is -2.41. The molecule has 0 aromatic heterocycles. The van der Waals surface area contributed by atoms with Crippen LogP contribution < -0.4 is 5.73 Å². The highest BCUT2D eigenvalue weighted by Crippen LogP contribution is 2.20. The summed E-state index contributed by atoms with van der Waals surface area (Å²) in [5.41, 5.74) is 8.44. The van der Waals surface area contributed by atoms with Crippen LogP contribution in [0, 0.1) is 13.8 Å². The summed E-state index contributed by atoms with van der Waals surface area (Å²) in [5, 5.41) is 0. The Morgan fingerprint density at radius 2 is 1.90 bits per heavy atom. The molecule has 21 heavy (non-hydrogen) atoms. The minimum Gasteiger partial charge on any atom is -0.378 e. The van der Waals surface area contributed by atoms with Gasteiger partial charge in [0.25, 0.3) is 5.91 Å². The Bertz CT molecular complexity index is 459. The molecule has 116 valence electrons. The van der Waals surface area contributed by atoms with Gasteiger partial charge in [0.1, 0.15) is 0 Å². The third-order valence-corrected chi connectivity index (χ3v) is 4.13. The van der Waals surface area contributed by atoms with Gasteiger partial charge in [-0.05, 0) is 50.8 Å². The van der Waals surface area contributed by atoms with Crippen molar-refractivity contribution < 1.29 is 9.53 Å². The predicted octanol–water partition coefficient (Wildman–Crippen LogP) is 2.27. The van der Waals surface area contributed by atoms with E-state index in [1.165, 1.54) is 0 Å². The molecule has 0 radical (unpaired) electrons. The van der Waals surface area contributed by atoms with E-state index in [-0.39, 0.29) is 12.0 Å². The van der Waals surface area contributed by atoms with Gasteiger partial charge in [-0.15, -0.1) is 0 Å². The van der Waals surface area contributed by atoms with Crippen LogP contribution in [0.1, 0.15) is 40.7 Å². The van der Waals surface area contributed by atoms with Crippen LogP contribution in [0.3, 0.4) is 0 Å². The van der Waals surface area contributed by atoms with Crippen molar-refractivity contribution in [2.45, 2.75) is 39.2 Å². The topological polar surface area (TPSA) is 55.6 Å². The summed E-state index contributed by atoms with van der Waals surface area (Å²) in [4.78, 5) is 14.6. The number of nitrogens with zero attached hydrogens (tertiary/aromatic N) is 1. The average molecular weight is 290 g/mol. The summed E-state index contributed by atoms with van der Waals surface area (Å²) in [6.07, 6.45) is 3.02. The quantitative estimate of drug-likeness (QED) is 0.846. The van der Waals surface area contributed by atoms with Crippen LogP contribution in [-0.2, 0) is 4.74 Å². The minimum absolute atomic E-state index is 0.158. The number of likely N-dealkylation sites (tertiary alicyclic amines) is 1. The lowest BCUT2D eigenvalue weighted by molar-refractivity contribution is 0.00841. The summed E-state index contributed by atoms with van der Waals surface area (Å²) in [6.45, 7) is 6.96. The molecule has 0 unspecified atom stereocenters. The lowest BCUT2D eigenvalue weighted by atomic mass is 10.00. The minimum atomic E-state index is 0.158. The Labute approximate surface area is 127 Å². The number of carbonyl (C=O) groups excluding carboxylic acids is 1. The van der Waals surface area contributed by atoms with E-state index in [1.807, 2.05) is 36.9 Å². The second-order valence-corrected chi connectivity index (χ2v) is 5.77. The van der Waals surface area contributed by atoms with Crippen molar-refractivity contribution in [3.8, 4) is 0 Å². The molecule has 1 amide bonds. The maximum Gasteiger partial charge on any atom is 0.254 e. The largest absolute Gasteiger partial charge is 0.378 e.